The predicted octanol–water partition coefficient (Wildman–Crippen LogP) is 4.99. The Morgan fingerprint density at radius 1 is 1.42 bits per heavy atom. The van der Waals surface area contributed by atoms with Gasteiger partial charge in [-0.3, -0.25) is 5.43 Å². The van der Waals surface area contributed by atoms with Crippen molar-refractivity contribution in [1.82, 2.24) is 4.98 Å². The summed E-state index contributed by atoms with van der Waals surface area (Å²) < 4.78 is 5.07. The summed E-state index contributed by atoms with van der Waals surface area (Å²) in [5.41, 5.74) is 4.60. The predicted molar refractivity (Wildman–Crippen MR) is 101 cm³/mol. The molecule has 0 atom stereocenters. The first-order valence-electron chi connectivity index (χ1n) is 6.95. The Labute approximate surface area is 152 Å². The molecule has 1 aromatic carbocycles. The normalized spacial score (nSPS) is 11.1. The van der Waals surface area contributed by atoms with Crippen LogP contribution < -0.4 is 10.2 Å². The fourth-order valence-corrected chi connectivity index (χ4v) is 3.90. The number of thiazole rings is 1. The van der Waals surface area contributed by atoms with Crippen LogP contribution >= 0.6 is 34.3 Å². The number of hydrazone groups is 1. The molecule has 0 aliphatic carbocycles. The lowest BCUT2D eigenvalue weighted by atomic mass is 10.2. The van der Waals surface area contributed by atoms with Crippen LogP contribution in [0, 0.1) is 6.92 Å². The minimum Gasteiger partial charge on any atom is -0.503 e. The first-order chi connectivity index (χ1) is 11.6. The molecule has 0 unspecified atom stereocenters. The van der Waals surface area contributed by atoms with Gasteiger partial charge in [0, 0.05) is 4.88 Å². The molecule has 0 radical (unpaired) electrons. The Bertz CT molecular complexity index is 876. The number of halogens is 1. The number of phenolic OH excluding ortho intramolecular Hbond substituents is 1. The van der Waals surface area contributed by atoms with E-state index >= 15 is 0 Å². The van der Waals surface area contributed by atoms with E-state index in [0.717, 1.165) is 15.4 Å². The SMILES string of the molecule is COc1cc(/C=N\Nc2nc(-c3cccs3)c(C)s2)cc(Cl)c1O. The smallest absolute Gasteiger partial charge is 0.204 e. The van der Waals surface area contributed by atoms with Crippen molar-refractivity contribution in [3.63, 3.8) is 0 Å². The zero-order chi connectivity index (χ0) is 17.1. The van der Waals surface area contributed by atoms with Crippen LogP contribution in [-0.4, -0.2) is 23.4 Å². The third-order valence-corrected chi connectivity index (χ3v) is 5.24. The zero-order valence-electron chi connectivity index (χ0n) is 12.9. The standard InChI is InChI=1S/C16H14ClN3O2S2/c1-9-14(13-4-3-5-23-13)19-16(24-9)20-18-8-10-6-11(17)15(21)12(7-10)22-2/h3-8,21H,1-2H3,(H,19,20)/b18-8-. The fraction of sp³-hybridized carbons (Fsp3) is 0.125. The molecule has 2 N–H and O–H groups in total. The number of phenols is 1. The Kier molecular flexibility index (Phi) is 5.03. The fourth-order valence-electron chi connectivity index (χ4n) is 2.07. The molecule has 0 spiro atoms. The summed E-state index contributed by atoms with van der Waals surface area (Å²) in [6, 6.07) is 7.31. The second-order valence-electron chi connectivity index (χ2n) is 4.82. The number of hydrogen-bond acceptors (Lipinski definition) is 7. The number of aryl methyl sites for hydroxylation is 1. The molecule has 2 aromatic heterocycles. The van der Waals surface area contributed by atoms with E-state index in [-0.39, 0.29) is 10.8 Å². The maximum atomic E-state index is 9.72. The lowest BCUT2D eigenvalue weighted by molar-refractivity contribution is 0.373. The van der Waals surface area contributed by atoms with Gasteiger partial charge >= 0.3 is 0 Å². The lowest BCUT2D eigenvalue weighted by Gasteiger charge is -2.05. The zero-order valence-corrected chi connectivity index (χ0v) is 15.3. The van der Waals surface area contributed by atoms with Crippen LogP contribution in [0.25, 0.3) is 10.6 Å². The van der Waals surface area contributed by atoms with Gasteiger partial charge in [-0.25, -0.2) is 4.98 Å². The molecule has 0 aliphatic heterocycles. The molecule has 24 heavy (non-hydrogen) atoms. The van der Waals surface area contributed by atoms with Gasteiger partial charge in [0.15, 0.2) is 11.5 Å². The summed E-state index contributed by atoms with van der Waals surface area (Å²) in [7, 11) is 1.47. The molecule has 0 bridgehead atoms. The highest BCUT2D eigenvalue weighted by atomic mass is 35.5. The number of nitrogens with one attached hydrogen (secondary N) is 1. The highest BCUT2D eigenvalue weighted by molar-refractivity contribution is 7.17. The van der Waals surface area contributed by atoms with Gasteiger partial charge in [0.2, 0.25) is 5.13 Å². The molecule has 124 valence electrons. The van der Waals surface area contributed by atoms with Crippen LogP contribution in [0.4, 0.5) is 5.13 Å². The third kappa shape index (κ3) is 3.53. The van der Waals surface area contributed by atoms with Gasteiger partial charge in [0.05, 0.1) is 28.9 Å². The number of aromatic hydroxyl groups is 1. The van der Waals surface area contributed by atoms with Gasteiger partial charge in [0.1, 0.15) is 0 Å². The molecule has 8 heteroatoms. The summed E-state index contributed by atoms with van der Waals surface area (Å²) in [5, 5.41) is 16.8. The third-order valence-electron chi connectivity index (χ3n) is 3.20. The molecule has 3 rings (SSSR count). The van der Waals surface area contributed by atoms with Gasteiger partial charge in [-0.2, -0.15) is 5.10 Å². The van der Waals surface area contributed by atoms with Gasteiger partial charge in [-0.1, -0.05) is 17.7 Å². The summed E-state index contributed by atoms with van der Waals surface area (Å²) in [5.74, 6) is 0.217. The van der Waals surface area contributed by atoms with Crippen LogP contribution in [0.2, 0.25) is 5.02 Å². The van der Waals surface area contributed by atoms with E-state index in [1.807, 2.05) is 24.4 Å². The van der Waals surface area contributed by atoms with Crippen LogP contribution in [0.1, 0.15) is 10.4 Å². The number of methoxy groups -OCH3 is 1. The molecule has 0 aliphatic rings. The van der Waals surface area contributed by atoms with Crippen molar-refractivity contribution in [1.29, 1.82) is 0 Å². The number of anilines is 1. The van der Waals surface area contributed by atoms with E-state index in [1.165, 1.54) is 7.11 Å². The maximum absolute atomic E-state index is 9.72. The van der Waals surface area contributed by atoms with E-state index in [2.05, 4.69) is 15.5 Å². The molecule has 0 saturated heterocycles. The molecule has 0 amide bonds. The average molecular weight is 380 g/mol. The van der Waals surface area contributed by atoms with Crippen LogP contribution in [0.15, 0.2) is 34.7 Å². The number of ether oxygens (including phenoxy) is 1. The van der Waals surface area contributed by atoms with Gasteiger partial charge in [0.25, 0.3) is 0 Å². The van der Waals surface area contributed by atoms with E-state index < -0.39 is 0 Å². The molecule has 0 saturated carbocycles. The Balaban J connectivity index is 1.75. The number of aromatic nitrogens is 1. The number of benzene rings is 1. The van der Waals surface area contributed by atoms with Crippen molar-refractivity contribution in [3.8, 4) is 22.1 Å². The first-order valence-corrected chi connectivity index (χ1v) is 9.02. The lowest BCUT2D eigenvalue weighted by Crippen LogP contribution is -1.92. The van der Waals surface area contributed by atoms with Crippen LogP contribution in [0.3, 0.4) is 0 Å². The van der Waals surface area contributed by atoms with E-state index in [4.69, 9.17) is 16.3 Å². The van der Waals surface area contributed by atoms with Crippen molar-refractivity contribution >= 4 is 45.6 Å². The number of hydrogen-bond donors (Lipinski definition) is 2. The van der Waals surface area contributed by atoms with Crippen molar-refractivity contribution < 1.29 is 9.84 Å². The Morgan fingerprint density at radius 3 is 2.96 bits per heavy atom. The minimum absolute atomic E-state index is 0.0830. The molecular formula is C16H14ClN3O2S2. The van der Waals surface area contributed by atoms with Crippen molar-refractivity contribution in [2.24, 2.45) is 5.10 Å². The van der Waals surface area contributed by atoms with Crippen molar-refractivity contribution in [2.75, 3.05) is 12.5 Å². The molecular weight excluding hydrogens is 366 g/mol. The van der Waals surface area contributed by atoms with Crippen molar-refractivity contribution in [3.05, 3.63) is 45.1 Å². The van der Waals surface area contributed by atoms with E-state index in [0.29, 0.717) is 16.4 Å². The van der Waals surface area contributed by atoms with Gasteiger partial charge in [-0.05, 0) is 36.1 Å². The second-order valence-corrected chi connectivity index (χ2v) is 7.38. The quantitative estimate of drug-likeness (QED) is 0.484. The van der Waals surface area contributed by atoms with Gasteiger partial charge < -0.3 is 9.84 Å². The molecule has 3 aromatic rings. The van der Waals surface area contributed by atoms with Gasteiger partial charge in [-0.15, -0.1) is 22.7 Å². The van der Waals surface area contributed by atoms with Crippen LogP contribution in [0.5, 0.6) is 11.5 Å². The van der Waals surface area contributed by atoms with E-state index in [1.54, 1.807) is 41.0 Å². The highest BCUT2D eigenvalue weighted by Gasteiger charge is 2.10. The molecule has 0 fully saturated rings. The summed E-state index contributed by atoms with van der Waals surface area (Å²) >= 11 is 9.15. The number of rotatable bonds is 5. The number of nitrogens with zero attached hydrogens (tertiary/aromatic N) is 2. The topological polar surface area (TPSA) is 66.7 Å². The summed E-state index contributed by atoms with van der Waals surface area (Å²) in [6.07, 6.45) is 1.59. The average Bonchev–Trinajstić information content (AvgIpc) is 3.20. The Hall–Kier alpha value is -2.09. The van der Waals surface area contributed by atoms with Crippen molar-refractivity contribution in [2.45, 2.75) is 6.92 Å². The summed E-state index contributed by atoms with van der Waals surface area (Å²) in [4.78, 5) is 6.83. The van der Waals surface area contributed by atoms with Crippen LogP contribution in [-0.2, 0) is 0 Å². The Morgan fingerprint density at radius 2 is 2.25 bits per heavy atom. The largest absolute Gasteiger partial charge is 0.503 e. The highest BCUT2D eigenvalue weighted by Crippen LogP contribution is 2.35. The second kappa shape index (κ2) is 7.21. The number of thiophene rings is 1. The maximum Gasteiger partial charge on any atom is 0.204 e. The molecule has 2 heterocycles. The summed E-state index contributed by atoms with van der Waals surface area (Å²) in [6.45, 7) is 2.03. The first kappa shape index (κ1) is 16.8. The van der Waals surface area contributed by atoms with E-state index in [9.17, 15) is 5.11 Å². The minimum atomic E-state index is -0.0830. The monoisotopic (exact) mass is 379 g/mol. The molecule has 5 nitrogen and oxygen atoms in total.